The highest BCUT2D eigenvalue weighted by atomic mass is 16.5. The topological polar surface area (TPSA) is 81.3 Å². The number of carbonyl (C=O) groups excluding carboxylic acids is 1. The molecule has 2 aromatic rings. The van der Waals surface area contributed by atoms with Gasteiger partial charge in [-0.05, 0) is 31.5 Å². The normalized spacial score (nSPS) is 10.5. The monoisotopic (exact) mass is 300 g/mol. The van der Waals surface area contributed by atoms with Crippen molar-refractivity contribution in [3.8, 4) is 5.75 Å². The quantitative estimate of drug-likeness (QED) is 0.882. The van der Waals surface area contributed by atoms with Crippen molar-refractivity contribution in [3.05, 3.63) is 47.9 Å². The summed E-state index contributed by atoms with van der Waals surface area (Å²) in [5.74, 6) is 0.833. The van der Waals surface area contributed by atoms with Crippen LogP contribution in [0.1, 0.15) is 29.9 Å². The lowest BCUT2D eigenvalue weighted by atomic mass is 10.2. The molecule has 0 aliphatic heterocycles. The molecule has 0 bridgehead atoms. The van der Waals surface area contributed by atoms with Crippen LogP contribution in [-0.2, 0) is 6.54 Å². The van der Waals surface area contributed by atoms with Crippen LogP contribution < -0.4 is 15.4 Å². The molecule has 1 heterocycles. The standard InChI is InChI=1S/C16H20N4O2/c1-11(2)22-13-6-4-5-12(7-13)10-20(3)15-9-18-8-14(19-15)16(17)21/h4-9,11H,10H2,1-3H3,(H2,17,21). The average Bonchev–Trinajstić information content (AvgIpc) is 2.47. The lowest BCUT2D eigenvalue weighted by molar-refractivity contribution is 0.0995. The second-order valence-corrected chi connectivity index (χ2v) is 5.30. The number of aromatic nitrogens is 2. The summed E-state index contributed by atoms with van der Waals surface area (Å²) in [7, 11) is 1.88. The Hall–Kier alpha value is -2.63. The van der Waals surface area contributed by atoms with E-state index in [9.17, 15) is 4.79 Å². The number of hydrogen-bond donors (Lipinski definition) is 1. The first-order chi connectivity index (χ1) is 10.5. The number of nitrogens with zero attached hydrogens (tertiary/aromatic N) is 3. The van der Waals surface area contributed by atoms with Gasteiger partial charge in [-0.15, -0.1) is 0 Å². The van der Waals surface area contributed by atoms with Crippen LogP contribution in [-0.4, -0.2) is 29.0 Å². The zero-order valence-electron chi connectivity index (χ0n) is 13.0. The van der Waals surface area contributed by atoms with Crippen molar-refractivity contribution >= 4 is 11.7 Å². The maximum atomic E-state index is 11.2. The third kappa shape index (κ3) is 4.18. The van der Waals surface area contributed by atoms with Gasteiger partial charge in [0.05, 0.1) is 18.5 Å². The summed E-state index contributed by atoms with van der Waals surface area (Å²) in [6, 6.07) is 7.88. The highest BCUT2D eigenvalue weighted by Crippen LogP contribution is 2.18. The largest absolute Gasteiger partial charge is 0.491 e. The fourth-order valence-electron chi connectivity index (χ4n) is 2.00. The van der Waals surface area contributed by atoms with Crippen molar-refractivity contribution in [2.45, 2.75) is 26.5 Å². The van der Waals surface area contributed by atoms with Crippen LogP contribution in [0.5, 0.6) is 5.75 Å². The Morgan fingerprint density at radius 1 is 1.36 bits per heavy atom. The minimum Gasteiger partial charge on any atom is -0.491 e. The zero-order chi connectivity index (χ0) is 16.1. The summed E-state index contributed by atoms with van der Waals surface area (Å²) in [6.07, 6.45) is 3.09. The van der Waals surface area contributed by atoms with Crippen LogP contribution in [0, 0.1) is 0 Å². The van der Waals surface area contributed by atoms with Gasteiger partial charge in [0.2, 0.25) is 0 Å². The Kier molecular flexibility index (Phi) is 4.93. The number of hydrogen-bond acceptors (Lipinski definition) is 5. The van der Waals surface area contributed by atoms with Crippen LogP contribution >= 0.6 is 0 Å². The summed E-state index contributed by atoms with van der Waals surface area (Å²) >= 11 is 0. The molecule has 1 amide bonds. The van der Waals surface area contributed by atoms with E-state index in [1.54, 1.807) is 6.20 Å². The van der Waals surface area contributed by atoms with Crippen molar-refractivity contribution in [1.82, 2.24) is 9.97 Å². The van der Waals surface area contributed by atoms with Gasteiger partial charge in [-0.2, -0.15) is 0 Å². The summed E-state index contributed by atoms with van der Waals surface area (Å²) in [4.78, 5) is 21.3. The van der Waals surface area contributed by atoms with E-state index in [-0.39, 0.29) is 11.8 Å². The molecule has 22 heavy (non-hydrogen) atoms. The number of ether oxygens (including phenoxy) is 1. The minimum absolute atomic E-state index is 0.131. The first-order valence-corrected chi connectivity index (χ1v) is 7.04. The molecule has 1 aromatic carbocycles. The minimum atomic E-state index is -0.588. The van der Waals surface area contributed by atoms with Crippen molar-refractivity contribution in [2.24, 2.45) is 5.73 Å². The smallest absolute Gasteiger partial charge is 0.268 e. The molecule has 116 valence electrons. The third-order valence-corrected chi connectivity index (χ3v) is 2.96. The molecule has 0 radical (unpaired) electrons. The van der Waals surface area contributed by atoms with Gasteiger partial charge in [0.1, 0.15) is 17.3 Å². The number of anilines is 1. The second-order valence-electron chi connectivity index (χ2n) is 5.30. The molecule has 0 saturated heterocycles. The van der Waals surface area contributed by atoms with E-state index < -0.39 is 5.91 Å². The molecule has 2 rings (SSSR count). The lowest BCUT2D eigenvalue weighted by Gasteiger charge is -2.19. The number of nitrogens with two attached hydrogens (primary N) is 1. The van der Waals surface area contributed by atoms with Gasteiger partial charge < -0.3 is 15.4 Å². The molecule has 0 saturated carbocycles. The van der Waals surface area contributed by atoms with Crippen molar-refractivity contribution in [3.63, 3.8) is 0 Å². The molecule has 0 aliphatic rings. The third-order valence-electron chi connectivity index (χ3n) is 2.96. The first kappa shape index (κ1) is 15.8. The number of carbonyl (C=O) groups is 1. The Labute approximate surface area is 129 Å². The van der Waals surface area contributed by atoms with E-state index in [2.05, 4.69) is 9.97 Å². The van der Waals surface area contributed by atoms with Gasteiger partial charge in [0.25, 0.3) is 5.91 Å². The van der Waals surface area contributed by atoms with Gasteiger partial charge >= 0.3 is 0 Å². The Morgan fingerprint density at radius 3 is 2.82 bits per heavy atom. The highest BCUT2D eigenvalue weighted by Gasteiger charge is 2.09. The first-order valence-electron chi connectivity index (χ1n) is 7.04. The fourth-order valence-corrected chi connectivity index (χ4v) is 2.00. The lowest BCUT2D eigenvalue weighted by Crippen LogP contribution is -2.21. The van der Waals surface area contributed by atoms with Gasteiger partial charge in [0, 0.05) is 13.6 Å². The predicted molar refractivity (Wildman–Crippen MR) is 84.9 cm³/mol. The van der Waals surface area contributed by atoms with Crippen LogP contribution in [0.15, 0.2) is 36.7 Å². The number of rotatable bonds is 6. The van der Waals surface area contributed by atoms with E-state index in [1.807, 2.05) is 50.1 Å². The average molecular weight is 300 g/mol. The van der Waals surface area contributed by atoms with Gasteiger partial charge in [0.15, 0.2) is 0 Å². The summed E-state index contributed by atoms with van der Waals surface area (Å²) in [5, 5.41) is 0. The SMILES string of the molecule is CC(C)Oc1cccc(CN(C)c2cncc(C(N)=O)n2)c1. The van der Waals surface area contributed by atoms with E-state index in [4.69, 9.17) is 10.5 Å². The maximum absolute atomic E-state index is 11.2. The number of amides is 1. The summed E-state index contributed by atoms with van der Waals surface area (Å²) < 4.78 is 5.69. The van der Waals surface area contributed by atoms with Crippen LogP contribution in [0.4, 0.5) is 5.82 Å². The van der Waals surface area contributed by atoms with Crippen LogP contribution in [0.2, 0.25) is 0 Å². The molecule has 0 unspecified atom stereocenters. The number of benzene rings is 1. The Morgan fingerprint density at radius 2 is 2.14 bits per heavy atom. The van der Waals surface area contributed by atoms with Crippen LogP contribution in [0.3, 0.4) is 0 Å². The molecule has 6 heteroatoms. The molecule has 0 spiro atoms. The van der Waals surface area contributed by atoms with Crippen molar-refractivity contribution < 1.29 is 9.53 Å². The van der Waals surface area contributed by atoms with E-state index in [0.29, 0.717) is 12.4 Å². The van der Waals surface area contributed by atoms with E-state index in [0.717, 1.165) is 11.3 Å². The van der Waals surface area contributed by atoms with Gasteiger partial charge in [-0.1, -0.05) is 12.1 Å². The summed E-state index contributed by atoms with van der Waals surface area (Å²) in [5.41, 5.74) is 6.45. The molecular weight excluding hydrogens is 280 g/mol. The van der Waals surface area contributed by atoms with Crippen LogP contribution in [0.25, 0.3) is 0 Å². The van der Waals surface area contributed by atoms with Crippen molar-refractivity contribution in [2.75, 3.05) is 11.9 Å². The molecule has 2 N–H and O–H groups in total. The molecule has 6 nitrogen and oxygen atoms in total. The predicted octanol–water partition coefficient (Wildman–Crippen LogP) is 2.00. The highest BCUT2D eigenvalue weighted by molar-refractivity contribution is 5.90. The van der Waals surface area contributed by atoms with Gasteiger partial charge in [-0.25, -0.2) is 4.98 Å². The van der Waals surface area contributed by atoms with E-state index >= 15 is 0 Å². The molecular formula is C16H20N4O2. The van der Waals surface area contributed by atoms with E-state index in [1.165, 1.54) is 6.20 Å². The fraction of sp³-hybridized carbons (Fsp3) is 0.312. The second kappa shape index (κ2) is 6.89. The maximum Gasteiger partial charge on any atom is 0.268 e. The Bertz CT molecular complexity index is 658. The van der Waals surface area contributed by atoms with Gasteiger partial charge in [-0.3, -0.25) is 9.78 Å². The molecule has 0 atom stereocenters. The number of primary amides is 1. The summed E-state index contributed by atoms with van der Waals surface area (Å²) in [6.45, 7) is 4.60. The molecule has 0 fully saturated rings. The Balaban J connectivity index is 2.13. The van der Waals surface area contributed by atoms with Crippen molar-refractivity contribution in [1.29, 1.82) is 0 Å². The zero-order valence-corrected chi connectivity index (χ0v) is 13.0. The molecule has 0 aliphatic carbocycles. The molecule has 1 aromatic heterocycles.